The maximum atomic E-state index is 10.7. The minimum Gasteiger partial charge on any atom is -0.496 e. The number of ether oxygens (including phenoxy) is 2. The number of hydrogen-bond acceptors (Lipinski definition) is 4. The van der Waals surface area contributed by atoms with Gasteiger partial charge in [-0.25, -0.2) is 0 Å². The van der Waals surface area contributed by atoms with Crippen molar-refractivity contribution in [3.63, 3.8) is 0 Å². The summed E-state index contributed by atoms with van der Waals surface area (Å²) in [5.74, 6) is 0.712. The molecule has 3 N–H and O–H groups in total. The lowest BCUT2D eigenvalue weighted by atomic mass is 9.73. The van der Waals surface area contributed by atoms with Crippen LogP contribution in [0.15, 0.2) is 24.3 Å². The maximum Gasteiger partial charge on any atom is 0.124 e. The second kappa shape index (κ2) is 5.69. The lowest BCUT2D eigenvalue weighted by Crippen LogP contribution is -2.41. The molecule has 1 aromatic carbocycles. The van der Waals surface area contributed by atoms with Crippen LogP contribution in [0.25, 0.3) is 0 Å². The molecule has 0 radical (unpaired) electrons. The van der Waals surface area contributed by atoms with Gasteiger partial charge in [0.05, 0.1) is 13.2 Å². The van der Waals surface area contributed by atoms with Gasteiger partial charge in [0.2, 0.25) is 0 Å². The highest BCUT2D eigenvalue weighted by molar-refractivity contribution is 5.36. The van der Waals surface area contributed by atoms with Gasteiger partial charge in [0.15, 0.2) is 0 Å². The first-order valence-corrected chi connectivity index (χ1v) is 6.32. The third kappa shape index (κ3) is 2.36. The number of aliphatic hydroxyl groups is 1. The zero-order valence-electron chi connectivity index (χ0n) is 10.8. The number of aliphatic hydroxyl groups excluding tert-OH is 1. The predicted molar refractivity (Wildman–Crippen MR) is 69.5 cm³/mol. The molecule has 2 rings (SSSR count). The molecule has 0 bridgehead atoms. The molecule has 1 fully saturated rings. The summed E-state index contributed by atoms with van der Waals surface area (Å²) in [6, 6.07) is 7.57. The second-order valence-electron chi connectivity index (χ2n) is 4.82. The van der Waals surface area contributed by atoms with Crippen molar-refractivity contribution >= 4 is 0 Å². The molecular weight excluding hydrogens is 230 g/mol. The fourth-order valence-electron chi connectivity index (χ4n) is 2.59. The zero-order chi connectivity index (χ0) is 13.0. The van der Waals surface area contributed by atoms with E-state index in [1.807, 2.05) is 24.3 Å². The van der Waals surface area contributed by atoms with Crippen LogP contribution in [-0.2, 0) is 4.74 Å². The van der Waals surface area contributed by atoms with E-state index in [4.69, 9.17) is 15.2 Å². The first kappa shape index (κ1) is 13.3. The third-order valence-corrected chi connectivity index (χ3v) is 3.91. The van der Waals surface area contributed by atoms with Crippen LogP contribution in [0, 0.1) is 5.41 Å². The van der Waals surface area contributed by atoms with Gasteiger partial charge in [-0.05, 0) is 18.9 Å². The van der Waals surface area contributed by atoms with Crippen LogP contribution in [0.3, 0.4) is 0 Å². The monoisotopic (exact) mass is 251 g/mol. The smallest absolute Gasteiger partial charge is 0.124 e. The Balaban J connectivity index is 2.30. The molecule has 0 aliphatic carbocycles. The number of methoxy groups -OCH3 is 1. The molecule has 100 valence electrons. The van der Waals surface area contributed by atoms with Gasteiger partial charge in [0, 0.05) is 30.7 Å². The SMILES string of the molecule is COc1ccccc1[C@@H](O)C1(CN)CCOCC1. The Morgan fingerprint density at radius 3 is 2.67 bits per heavy atom. The minimum atomic E-state index is -0.609. The number of hydrogen-bond donors (Lipinski definition) is 2. The Kier molecular flexibility index (Phi) is 4.22. The Hall–Kier alpha value is -1.10. The van der Waals surface area contributed by atoms with E-state index in [9.17, 15) is 5.11 Å². The molecule has 1 aliphatic heterocycles. The van der Waals surface area contributed by atoms with Crippen molar-refractivity contribution in [2.75, 3.05) is 26.9 Å². The molecule has 0 amide bonds. The Bertz CT molecular complexity index is 388. The summed E-state index contributed by atoms with van der Waals surface area (Å²) >= 11 is 0. The van der Waals surface area contributed by atoms with E-state index in [0.717, 1.165) is 18.4 Å². The first-order valence-electron chi connectivity index (χ1n) is 6.32. The normalized spacial score (nSPS) is 20.4. The van der Waals surface area contributed by atoms with Gasteiger partial charge in [0.1, 0.15) is 5.75 Å². The molecule has 1 saturated heterocycles. The van der Waals surface area contributed by atoms with Gasteiger partial charge in [0.25, 0.3) is 0 Å². The van der Waals surface area contributed by atoms with Crippen LogP contribution in [0.4, 0.5) is 0 Å². The van der Waals surface area contributed by atoms with Gasteiger partial charge in [-0.15, -0.1) is 0 Å². The van der Waals surface area contributed by atoms with Gasteiger partial charge in [-0.3, -0.25) is 0 Å². The van der Waals surface area contributed by atoms with E-state index in [0.29, 0.717) is 25.5 Å². The lowest BCUT2D eigenvalue weighted by Gasteiger charge is -2.40. The van der Waals surface area contributed by atoms with Crippen molar-refractivity contribution in [1.82, 2.24) is 0 Å². The van der Waals surface area contributed by atoms with Gasteiger partial charge < -0.3 is 20.3 Å². The summed E-state index contributed by atoms with van der Waals surface area (Å²) in [6.07, 6.45) is 0.952. The summed E-state index contributed by atoms with van der Waals surface area (Å²) in [6.45, 7) is 1.77. The standard InChI is InChI=1S/C14H21NO3/c1-17-12-5-3-2-4-11(12)13(16)14(10-15)6-8-18-9-7-14/h2-5,13,16H,6-10,15H2,1H3/t13-/m1/s1. The minimum absolute atomic E-state index is 0.299. The van der Waals surface area contributed by atoms with E-state index in [1.165, 1.54) is 0 Å². The van der Waals surface area contributed by atoms with Crippen molar-refractivity contribution in [3.05, 3.63) is 29.8 Å². The summed E-state index contributed by atoms with van der Waals surface area (Å²) in [7, 11) is 1.62. The summed E-state index contributed by atoms with van der Waals surface area (Å²) in [4.78, 5) is 0. The van der Waals surface area contributed by atoms with Gasteiger partial charge in [-0.1, -0.05) is 18.2 Å². The number of nitrogens with two attached hydrogens (primary N) is 1. The van der Waals surface area contributed by atoms with Crippen molar-refractivity contribution in [2.24, 2.45) is 11.1 Å². The summed E-state index contributed by atoms with van der Waals surface area (Å²) in [5, 5.41) is 10.7. The van der Waals surface area contributed by atoms with Crippen LogP contribution in [0.1, 0.15) is 24.5 Å². The quantitative estimate of drug-likeness (QED) is 0.851. The van der Waals surface area contributed by atoms with Crippen LogP contribution in [0.5, 0.6) is 5.75 Å². The van der Waals surface area contributed by atoms with E-state index in [-0.39, 0.29) is 5.41 Å². The molecule has 18 heavy (non-hydrogen) atoms. The molecule has 0 unspecified atom stereocenters. The molecule has 1 aliphatic rings. The van der Waals surface area contributed by atoms with Crippen LogP contribution in [-0.4, -0.2) is 32.0 Å². The van der Waals surface area contributed by atoms with Crippen LogP contribution >= 0.6 is 0 Å². The molecule has 1 aromatic rings. The molecule has 1 atom stereocenters. The first-order chi connectivity index (χ1) is 8.73. The Morgan fingerprint density at radius 2 is 2.06 bits per heavy atom. The van der Waals surface area contributed by atoms with Gasteiger partial charge in [-0.2, -0.15) is 0 Å². The highest BCUT2D eigenvalue weighted by Gasteiger charge is 2.40. The second-order valence-corrected chi connectivity index (χ2v) is 4.82. The molecule has 1 heterocycles. The Labute approximate surface area is 108 Å². The molecule has 0 aromatic heterocycles. The number of rotatable bonds is 4. The molecular formula is C14H21NO3. The molecule has 0 spiro atoms. The third-order valence-electron chi connectivity index (χ3n) is 3.91. The zero-order valence-corrected chi connectivity index (χ0v) is 10.8. The highest BCUT2D eigenvalue weighted by atomic mass is 16.5. The lowest BCUT2D eigenvalue weighted by molar-refractivity contribution is -0.0588. The van der Waals surface area contributed by atoms with E-state index in [1.54, 1.807) is 7.11 Å². The largest absolute Gasteiger partial charge is 0.496 e. The summed E-state index contributed by atoms with van der Waals surface area (Å²) in [5.41, 5.74) is 6.43. The van der Waals surface area contributed by atoms with Crippen molar-refractivity contribution in [2.45, 2.75) is 18.9 Å². The number of benzene rings is 1. The van der Waals surface area contributed by atoms with Gasteiger partial charge >= 0.3 is 0 Å². The topological polar surface area (TPSA) is 64.7 Å². The number of para-hydroxylation sites is 1. The van der Waals surface area contributed by atoms with E-state index >= 15 is 0 Å². The predicted octanol–water partition coefficient (Wildman–Crippen LogP) is 1.48. The van der Waals surface area contributed by atoms with Crippen LogP contribution in [0.2, 0.25) is 0 Å². The van der Waals surface area contributed by atoms with Crippen molar-refractivity contribution in [1.29, 1.82) is 0 Å². The van der Waals surface area contributed by atoms with Crippen molar-refractivity contribution < 1.29 is 14.6 Å². The Morgan fingerprint density at radius 1 is 1.39 bits per heavy atom. The fraction of sp³-hybridized carbons (Fsp3) is 0.571. The van der Waals surface area contributed by atoms with E-state index < -0.39 is 6.10 Å². The molecule has 4 heteroatoms. The molecule has 4 nitrogen and oxygen atoms in total. The van der Waals surface area contributed by atoms with Crippen molar-refractivity contribution in [3.8, 4) is 5.75 Å². The van der Waals surface area contributed by atoms with Crippen LogP contribution < -0.4 is 10.5 Å². The summed E-state index contributed by atoms with van der Waals surface area (Å²) < 4.78 is 10.7. The maximum absolute atomic E-state index is 10.7. The average molecular weight is 251 g/mol. The average Bonchev–Trinajstić information content (AvgIpc) is 2.47. The fourth-order valence-corrected chi connectivity index (χ4v) is 2.59. The highest BCUT2D eigenvalue weighted by Crippen LogP contribution is 2.44. The van der Waals surface area contributed by atoms with E-state index in [2.05, 4.69) is 0 Å². The molecule has 0 saturated carbocycles.